The fourth-order valence-corrected chi connectivity index (χ4v) is 5.59. The van der Waals surface area contributed by atoms with Crippen LogP contribution in [0, 0.1) is 0 Å². The SMILES string of the molecule is CCCCCCCCCCCC[SiH]([SiH3])[SiH3]. The van der Waals surface area contributed by atoms with Crippen molar-refractivity contribution in [1.82, 2.24) is 0 Å². The first-order chi connectivity index (χ1) is 7.27. The molecule has 0 bridgehead atoms. The summed E-state index contributed by atoms with van der Waals surface area (Å²) >= 11 is 0. The normalized spacial score (nSPS) is 13.4. The maximum absolute atomic E-state index is 2.30. The first-order valence-electron chi connectivity index (χ1n) is 7.27. The Kier molecular flexibility index (Phi) is 13.3. The van der Waals surface area contributed by atoms with Gasteiger partial charge in [0.15, 0.2) is 0 Å². The highest BCUT2D eigenvalue weighted by molar-refractivity contribution is 7.29. The second-order valence-electron chi connectivity index (χ2n) is 5.36. The van der Waals surface area contributed by atoms with Crippen LogP contribution in [-0.2, 0) is 0 Å². The molecule has 0 spiro atoms. The molecule has 0 aromatic rings. The van der Waals surface area contributed by atoms with Gasteiger partial charge in [0.1, 0.15) is 0 Å². The number of rotatable bonds is 11. The minimum Gasteiger partial charge on any atom is -0.0654 e. The van der Waals surface area contributed by atoms with E-state index in [4.69, 9.17) is 0 Å². The van der Waals surface area contributed by atoms with Gasteiger partial charge in [0.25, 0.3) is 0 Å². The Morgan fingerprint density at radius 1 is 0.667 bits per heavy atom. The molecule has 0 unspecified atom stereocenters. The van der Waals surface area contributed by atoms with Crippen molar-refractivity contribution in [3.8, 4) is 0 Å². The molecule has 0 heterocycles. The minimum absolute atomic E-state index is 0.0292. The molecule has 0 nitrogen and oxygen atoms in total. The van der Waals surface area contributed by atoms with Gasteiger partial charge in [0.05, 0.1) is 0 Å². The van der Waals surface area contributed by atoms with Crippen molar-refractivity contribution in [2.24, 2.45) is 0 Å². The zero-order valence-corrected chi connectivity index (χ0v) is 16.5. The maximum atomic E-state index is 2.30. The molecule has 0 aliphatic rings. The van der Waals surface area contributed by atoms with E-state index < -0.39 is 0 Å². The van der Waals surface area contributed by atoms with E-state index in [0.29, 0.717) is 0 Å². The van der Waals surface area contributed by atoms with Gasteiger partial charge in [-0.3, -0.25) is 0 Å². The monoisotopic (exact) mass is 260 g/mol. The van der Waals surface area contributed by atoms with Crippen LogP contribution in [0.15, 0.2) is 0 Å². The Hall–Kier alpha value is 0.651. The lowest BCUT2D eigenvalue weighted by molar-refractivity contribution is 0.562. The number of hydrogen-bond acceptors (Lipinski definition) is 0. The zero-order chi connectivity index (χ0) is 11.4. The molecule has 0 atom stereocenters. The molecule has 0 aromatic carbocycles. The highest BCUT2D eigenvalue weighted by Crippen LogP contribution is 2.11. The van der Waals surface area contributed by atoms with E-state index >= 15 is 0 Å². The molecule has 0 amide bonds. The summed E-state index contributed by atoms with van der Waals surface area (Å²) in [7, 11) is 3.21. The van der Waals surface area contributed by atoms with E-state index in [2.05, 4.69) is 6.92 Å². The van der Waals surface area contributed by atoms with Gasteiger partial charge in [-0.2, -0.15) is 0 Å². The van der Waals surface area contributed by atoms with Crippen LogP contribution in [-0.4, -0.2) is 27.4 Å². The van der Waals surface area contributed by atoms with Crippen LogP contribution in [0.3, 0.4) is 0 Å². The van der Waals surface area contributed by atoms with Crippen LogP contribution >= 0.6 is 0 Å². The standard InChI is InChI=1S/C12H32Si3/c1-2-3-4-5-6-7-8-9-10-11-12-15(13)14/h15H,2-12H2,1,13-14H3. The van der Waals surface area contributed by atoms with E-state index in [9.17, 15) is 0 Å². The molecule has 0 radical (unpaired) electrons. The Labute approximate surface area is 105 Å². The highest BCUT2D eigenvalue weighted by atomic mass is 29.5. The van der Waals surface area contributed by atoms with E-state index in [1.54, 1.807) is 38.4 Å². The number of unbranched alkanes of at least 4 members (excludes halogenated alkanes) is 9. The smallest absolute Gasteiger partial charge is 0.00529 e. The van der Waals surface area contributed by atoms with Crippen molar-refractivity contribution in [1.29, 1.82) is 0 Å². The molecular formula is C12H32Si3. The third-order valence-corrected chi connectivity index (χ3v) is 8.16. The van der Waals surface area contributed by atoms with E-state index in [1.807, 2.05) is 0 Å². The fraction of sp³-hybridized carbons (Fsp3) is 1.00. The van der Waals surface area contributed by atoms with E-state index in [0.717, 1.165) is 0 Å². The summed E-state index contributed by atoms with van der Waals surface area (Å²) in [6, 6.07) is 1.69. The average molecular weight is 261 g/mol. The Bertz CT molecular complexity index is 115. The predicted molar refractivity (Wildman–Crippen MR) is 83.7 cm³/mol. The predicted octanol–water partition coefficient (Wildman–Crippen LogP) is 1.86. The lowest BCUT2D eigenvalue weighted by Crippen LogP contribution is -2.11. The van der Waals surface area contributed by atoms with Crippen LogP contribution in [0.5, 0.6) is 0 Å². The first-order valence-corrected chi connectivity index (χ1v) is 17.3. The van der Waals surface area contributed by atoms with Gasteiger partial charge in [-0.15, -0.1) is 0 Å². The molecule has 0 aliphatic heterocycles. The van der Waals surface area contributed by atoms with E-state index in [1.165, 1.54) is 51.4 Å². The summed E-state index contributed by atoms with van der Waals surface area (Å²) in [5, 5.41) is 0. The molecule has 0 N–H and O–H groups in total. The maximum Gasteiger partial charge on any atom is 0.00529 e. The van der Waals surface area contributed by atoms with Crippen molar-refractivity contribution in [2.75, 3.05) is 0 Å². The largest absolute Gasteiger partial charge is 0.0654 e. The lowest BCUT2D eigenvalue weighted by Gasteiger charge is -2.03. The van der Waals surface area contributed by atoms with E-state index in [-0.39, 0.29) is 7.83 Å². The number of hydrogen-bond donors (Lipinski definition) is 0. The van der Waals surface area contributed by atoms with Crippen molar-refractivity contribution >= 4 is 27.4 Å². The van der Waals surface area contributed by atoms with Crippen molar-refractivity contribution < 1.29 is 0 Å². The zero-order valence-electron chi connectivity index (χ0n) is 11.4. The highest BCUT2D eigenvalue weighted by Gasteiger charge is 1.95. The molecule has 3 heteroatoms. The lowest BCUT2D eigenvalue weighted by atomic mass is 10.1. The van der Waals surface area contributed by atoms with Crippen LogP contribution in [0.4, 0.5) is 0 Å². The van der Waals surface area contributed by atoms with Crippen molar-refractivity contribution in [2.45, 2.75) is 77.2 Å². The summed E-state index contributed by atoms with van der Waals surface area (Å²) in [6.45, 7) is 2.30. The fourth-order valence-electron chi connectivity index (χ4n) is 2.04. The molecular weight excluding hydrogens is 228 g/mol. The summed E-state index contributed by atoms with van der Waals surface area (Å²) in [5.74, 6) is 0. The molecule has 0 fully saturated rings. The second-order valence-corrected chi connectivity index (χ2v) is 27.5. The van der Waals surface area contributed by atoms with Gasteiger partial charge < -0.3 is 0 Å². The molecule has 0 saturated heterocycles. The molecule has 0 rings (SSSR count). The average Bonchev–Trinajstić information content (AvgIpc) is 2.20. The quantitative estimate of drug-likeness (QED) is 0.393. The molecule has 0 aromatic heterocycles. The molecule has 0 saturated carbocycles. The second kappa shape index (κ2) is 12.7. The Morgan fingerprint density at radius 3 is 1.47 bits per heavy atom. The third kappa shape index (κ3) is 14.7. The topological polar surface area (TPSA) is 0 Å². The summed E-state index contributed by atoms with van der Waals surface area (Å²) in [6.07, 6.45) is 15.0. The Morgan fingerprint density at radius 2 is 1.07 bits per heavy atom. The van der Waals surface area contributed by atoms with Gasteiger partial charge in [0, 0.05) is 7.83 Å². The third-order valence-electron chi connectivity index (χ3n) is 3.14. The van der Waals surface area contributed by atoms with Gasteiger partial charge in [-0.1, -0.05) is 77.2 Å². The van der Waals surface area contributed by atoms with Crippen LogP contribution in [0.25, 0.3) is 0 Å². The van der Waals surface area contributed by atoms with Crippen LogP contribution in [0.2, 0.25) is 6.04 Å². The first kappa shape index (κ1) is 15.7. The molecule has 15 heavy (non-hydrogen) atoms. The van der Waals surface area contributed by atoms with Gasteiger partial charge in [-0.05, 0) is 19.5 Å². The minimum atomic E-state index is 0.0292. The molecule has 92 valence electrons. The Balaban J connectivity index is 2.87. The summed E-state index contributed by atoms with van der Waals surface area (Å²) < 4.78 is 0. The van der Waals surface area contributed by atoms with Gasteiger partial charge in [0.2, 0.25) is 0 Å². The summed E-state index contributed by atoms with van der Waals surface area (Å²) in [4.78, 5) is 0. The van der Waals surface area contributed by atoms with Crippen LogP contribution < -0.4 is 0 Å². The van der Waals surface area contributed by atoms with Crippen molar-refractivity contribution in [3.05, 3.63) is 0 Å². The molecule has 0 aliphatic carbocycles. The van der Waals surface area contributed by atoms with Crippen molar-refractivity contribution in [3.63, 3.8) is 0 Å². The van der Waals surface area contributed by atoms with Crippen LogP contribution in [0.1, 0.15) is 71.1 Å². The van der Waals surface area contributed by atoms with Gasteiger partial charge >= 0.3 is 0 Å². The van der Waals surface area contributed by atoms with Gasteiger partial charge in [-0.25, -0.2) is 0 Å². The summed E-state index contributed by atoms with van der Waals surface area (Å²) in [5.41, 5.74) is 0.